The van der Waals surface area contributed by atoms with Crippen molar-refractivity contribution in [1.82, 2.24) is 0 Å². The number of esters is 2. The molecule has 0 amide bonds. The normalized spacial score (nSPS) is 35.7. The maximum absolute atomic E-state index is 13.0. The van der Waals surface area contributed by atoms with Crippen LogP contribution in [0.15, 0.2) is 0 Å². The fourth-order valence-electron chi connectivity index (χ4n) is 6.11. The second kappa shape index (κ2) is 9.58. The highest BCUT2D eigenvalue weighted by molar-refractivity contribution is 5.76. The van der Waals surface area contributed by atoms with Gasteiger partial charge in [-0.05, 0) is 95.8 Å². The van der Waals surface area contributed by atoms with Crippen molar-refractivity contribution in [2.75, 3.05) is 0 Å². The Morgan fingerprint density at radius 2 is 1.70 bits per heavy atom. The summed E-state index contributed by atoms with van der Waals surface area (Å²) < 4.78 is 11.4. The van der Waals surface area contributed by atoms with Crippen LogP contribution in [0.25, 0.3) is 0 Å². The van der Waals surface area contributed by atoms with E-state index in [-0.39, 0.29) is 23.8 Å². The van der Waals surface area contributed by atoms with Crippen LogP contribution < -0.4 is 0 Å². The number of carbonyl (C=O) groups is 2. The van der Waals surface area contributed by atoms with Crippen LogP contribution in [0.5, 0.6) is 0 Å². The molecule has 0 radical (unpaired) electrons. The summed E-state index contributed by atoms with van der Waals surface area (Å²) in [5, 5.41) is 10.1. The summed E-state index contributed by atoms with van der Waals surface area (Å²) in [5.74, 6) is 1.56. The minimum absolute atomic E-state index is 0.185. The molecule has 3 fully saturated rings. The molecule has 3 aliphatic carbocycles. The third-order valence-corrected chi connectivity index (χ3v) is 7.81. The zero-order valence-electron chi connectivity index (χ0n) is 19.6. The highest BCUT2D eigenvalue weighted by Gasteiger charge is 2.47. The molecule has 8 unspecified atom stereocenters. The number of hydrogen-bond acceptors (Lipinski definition) is 5. The number of aliphatic hydroxyl groups is 1. The van der Waals surface area contributed by atoms with Crippen LogP contribution in [0.4, 0.5) is 0 Å². The van der Waals surface area contributed by atoms with E-state index in [1.165, 1.54) is 19.3 Å². The quantitative estimate of drug-likeness (QED) is 0.591. The lowest BCUT2D eigenvalue weighted by atomic mass is 9.74. The van der Waals surface area contributed by atoms with E-state index in [0.717, 1.165) is 37.5 Å². The lowest BCUT2D eigenvalue weighted by Gasteiger charge is -2.33. The highest BCUT2D eigenvalue weighted by atomic mass is 16.6. The highest BCUT2D eigenvalue weighted by Crippen LogP contribution is 2.54. The molecule has 0 aliphatic heterocycles. The lowest BCUT2D eigenvalue weighted by Crippen LogP contribution is -2.37. The minimum Gasteiger partial charge on any atom is -0.460 e. The Balaban J connectivity index is 1.63. The minimum atomic E-state index is -0.563. The van der Waals surface area contributed by atoms with E-state index in [0.29, 0.717) is 24.7 Å². The van der Waals surface area contributed by atoms with Crippen LogP contribution in [0.1, 0.15) is 92.4 Å². The second-order valence-electron chi connectivity index (χ2n) is 11.3. The Morgan fingerprint density at radius 3 is 2.30 bits per heavy atom. The van der Waals surface area contributed by atoms with Gasteiger partial charge in [0.2, 0.25) is 0 Å². The van der Waals surface area contributed by atoms with Crippen molar-refractivity contribution in [3.63, 3.8) is 0 Å². The summed E-state index contributed by atoms with van der Waals surface area (Å²) in [4.78, 5) is 25.8. The lowest BCUT2D eigenvalue weighted by molar-refractivity contribution is -0.166. The fraction of sp³-hybridized carbons (Fsp3) is 0.920. The van der Waals surface area contributed by atoms with E-state index in [1.54, 1.807) is 0 Å². The zero-order valence-corrected chi connectivity index (χ0v) is 19.6. The first-order valence-corrected chi connectivity index (χ1v) is 12.2. The Labute approximate surface area is 182 Å². The summed E-state index contributed by atoms with van der Waals surface area (Å²) in [7, 11) is 0. The van der Waals surface area contributed by atoms with E-state index in [2.05, 4.69) is 6.92 Å². The largest absolute Gasteiger partial charge is 0.460 e. The molecule has 0 aromatic rings. The Morgan fingerprint density at radius 1 is 1.03 bits per heavy atom. The van der Waals surface area contributed by atoms with E-state index in [4.69, 9.17) is 9.47 Å². The van der Waals surface area contributed by atoms with Gasteiger partial charge >= 0.3 is 11.9 Å². The van der Waals surface area contributed by atoms with Gasteiger partial charge in [0.05, 0.1) is 17.9 Å². The summed E-state index contributed by atoms with van der Waals surface area (Å²) >= 11 is 0. The number of ether oxygens (including phenoxy) is 2. The van der Waals surface area contributed by atoms with Crippen LogP contribution in [0.3, 0.4) is 0 Å². The van der Waals surface area contributed by atoms with Gasteiger partial charge in [0.15, 0.2) is 0 Å². The number of aliphatic hydroxyl groups excluding tert-OH is 1. The predicted octanol–water partition coefficient (Wildman–Crippen LogP) is 4.89. The Bertz CT molecular complexity index is 607. The number of fused-ring (bicyclic) bond motifs is 2. The molecule has 5 nitrogen and oxygen atoms in total. The van der Waals surface area contributed by atoms with E-state index < -0.39 is 17.8 Å². The average molecular weight is 423 g/mol. The van der Waals surface area contributed by atoms with Crippen molar-refractivity contribution in [1.29, 1.82) is 0 Å². The Hall–Kier alpha value is -1.10. The summed E-state index contributed by atoms with van der Waals surface area (Å²) in [6.45, 7) is 9.86. The molecule has 30 heavy (non-hydrogen) atoms. The molecule has 0 aromatic heterocycles. The smallest absolute Gasteiger partial charge is 0.309 e. The summed E-state index contributed by atoms with van der Waals surface area (Å²) in [6, 6.07) is 0. The molecule has 0 saturated heterocycles. The third kappa shape index (κ3) is 5.77. The Kier molecular flexibility index (Phi) is 7.53. The van der Waals surface area contributed by atoms with Gasteiger partial charge in [0.1, 0.15) is 11.7 Å². The van der Waals surface area contributed by atoms with Gasteiger partial charge in [-0.1, -0.05) is 20.3 Å². The monoisotopic (exact) mass is 422 g/mol. The number of rotatable bonds is 7. The maximum atomic E-state index is 13.0. The zero-order chi connectivity index (χ0) is 22.1. The standard InChI is InChI=1S/C25H42O5/c1-15(23(27)29-22-9-7-6-8-21(22)26)12-19(24(28)30-25(3,4)5)14-20-16(2)17-10-11-18(20)13-17/h15-22,26H,6-14H2,1-5H3. The molecular weight excluding hydrogens is 380 g/mol. The molecule has 172 valence electrons. The predicted molar refractivity (Wildman–Crippen MR) is 116 cm³/mol. The van der Waals surface area contributed by atoms with Gasteiger partial charge in [-0.15, -0.1) is 0 Å². The van der Waals surface area contributed by atoms with Gasteiger partial charge in [0, 0.05) is 0 Å². The van der Waals surface area contributed by atoms with Gasteiger partial charge in [-0.25, -0.2) is 0 Å². The molecule has 0 spiro atoms. The molecule has 5 heteroatoms. The summed E-state index contributed by atoms with van der Waals surface area (Å²) in [6.07, 6.45) is 7.56. The SMILES string of the molecule is CC(CC(CC1C2CCC(C2)C1C)C(=O)OC(C)(C)C)C(=O)OC1CCCCC1O. The van der Waals surface area contributed by atoms with Crippen molar-refractivity contribution in [3.8, 4) is 0 Å². The maximum Gasteiger partial charge on any atom is 0.309 e. The van der Waals surface area contributed by atoms with Crippen molar-refractivity contribution in [2.45, 2.75) is 110 Å². The molecule has 0 aromatic carbocycles. The fourth-order valence-corrected chi connectivity index (χ4v) is 6.11. The molecule has 3 saturated carbocycles. The molecule has 8 atom stereocenters. The number of carbonyl (C=O) groups excluding carboxylic acids is 2. The molecule has 0 heterocycles. The van der Waals surface area contributed by atoms with Gasteiger partial charge in [-0.3, -0.25) is 9.59 Å². The molecule has 3 rings (SSSR count). The van der Waals surface area contributed by atoms with Crippen LogP contribution in [0, 0.1) is 35.5 Å². The van der Waals surface area contributed by atoms with Crippen molar-refractivity contribution in [2.24, 2.45) is 35.5 Å². The van der Waals surface area contributed by atoms with Crippen LogP contribution in [-0.2, 0) is 19.1 Å². The summed E-state index contributed by atoms with van der Waals surface area (Å²) in [5.41, 5.74) is -0.536. The molecule has 1 N–H and O–H groups in total. The van der Waals surface area contributed by atoms with Crippen molar-refractivity contribution in [3.05, 3.63) is 0 Å². The third-order valence-electron chi connectivity index (χ3n) is 7.81. The average Bonchev–Trinajstić information content (AvgIpc) is 3.24. The van der Waals surface area contributed by atoms with E-state index in [1.807, 2.05) is 27.7 Å². The number of hydrogen-bond donors (Lipinski definition) is 1. The van der Waals surface area contributed by atoms with Gasteiger partial charge < -0.3 is 14.6 Å². The van der Waals surface area contributed by atoms with Gasteiger partial charge in [-0.2, -0.15) is 0 Å². The van der Waals surface area contributed by atoms with Crippen LogP contribution >= 0.6 is 0 Å². The first-order chi connectivity index (χ1) is 14.0. The van der Waals surface area contributed by atoms with Crippen molar-refractivity contribution >= 4 is 11.9 Å². The van der Waals surface area contributed by atoms with Crippen molar-refractivity contribution < 1.29 is 24.2 Å². The van der Waals surface area contributed by atoms with Crippen LogP contribution in [0.2, 0.25) is 0 Å². The second-order valence-corrected chi connectivity index (χ2v) is 11.3. The van der Waals surface area contributed by atoms with E-state index in [9.17, 15) is 14.7 Å². The first-order valence-electron chi connectivity index (χ1n) is 12.2. The van der Waals surface area contributed by atoms with E-state index >= 15 is 0 Å². The first kappa shape index (κ1) is 23.6. The molecular formula is C25H42O5. The van der Waals surface area contributed by atoms with Gasteiger partial charge in [0.25, 0.3) is 0 Å². The topological polar surface area (TPSA) is 72.8 Å². The van der Waals surface area contributed by atoms with Crippen LogP contribution in [-0.4, -0.2) is 34.9 Å². The molecule has 3 aliphatic rings. The molecule has 2 bridgehead atoms.